The van der Waals surface area contributed by atoms with E-state index in [2.05, 4.69) is 5.32 Å². The quantitative estimate of drug-likeness (QED) is 0.425. The normalized spacial score (nSPS) is 15.1. The van der Waals surface area contributed by atoms with Crippen LogP contribution in [0.4, 0.5) is 9.18 Å². The first-order valence-corrected chi connectivity index (χ1v) is 8.40. The third kappa shape index (κ3) is 9.44. The van der Waals surface area contributed by atoms with Crippen molar-refractivity contribution >= 4 is 14.8 Å². The summed E-state index contributed by atoms with van der Waals surface area (Å²) in [6.45, 7) is 8.17. The number of hydrogen-bond donors (Lipinski definition) is 2. The summed E-state index contributed by atoms with van der Waals surface area (Å²) in [5.74, 6) is -1.88. The van der Waals surface area contributed by atoms with Crippen LogP contribution in [-0.2, 0) is 23.3 Å². The van der Waals surface area contributed by atoms with Gasteiger partial charge in [0.15, 0.2) is 0 Å². The standard InChI is InChI=1S/C14H27FNO7P/c1-6-20-14(21-7-2,23-24-19)8-10(15)11(17)9-16-12(18)22-13(3,4)5/h10-11,17H,6-9H2,1-5H3,(H,16,18). The molecule has 0 aromatic heterocycles. The number of alkyl halides is 1. The fraction of sp³-hybridized carbons (Fsp3) is 0.929. The van der Waals surface area contributed by atoms with Crippen molar-refractivity contribution in [1.29, 1.82) is 0 Å². The number of aliphatic hydroxyl groups excluding tert-OH is 1. The molecule has 0 spiro atoms. The molecular formula is C14H27FNO7P. The van der Waals surface area contributed by atoms with Crippen molar-refractivity contribution in [3.8, 4) is 0 Å². The van der Waals surface area contributed by atoms with E-state index in [1.807, 2.05) is 0 Å². The third-order valence-electron chi connectivity index (χ3n) is 2.62. The van der Waals surface area contributed by atoms with Crippen LogP contribution < -0.4 is 5.32 Å². The molecule has 0 saturated heterocycles. The van der Waals surface area contributed by atoms with E-state index in [0.29, 0.717) is 0 Å². The van der Waals surface area contributed by atoms with E-state index < -0.39 is 45.1 Å². The predicted molar refractivity (Wildman–Crippen MR) is 84.4 cm³/mol. The average molecular weight is 371 g/mol. The number of alkyl carbamates (subject to hydrolysis) is 1. The van der Waals surface area contributed by atoms with E-state index in [4.69, 9.17) is 18.7 Å². The number of aliphatic hydroxyl groups is 1. The fourth-order valence-corrected chi connectivity index (χ4v) is 2.04. The minimum absolute atomic E-state index is 0.120. The first-order chi connectivity index (χ1) is 11.1. The molecule has 0 rings (SSSR count). The minimum atomic E-state index is -1.88. The van der Waals surface area contributed by atoms with Gasteiger partial charge in [0.2, 0.25) is 0 Å². The number of amides is 1. The van der Waals surface area contributed by atoms with Gasteiger partial charge in [0.1, 0.15) is 17.9 Å². The third-order valence-corrected chi connectivity index (χ3v) is 2.97. The summed E-state index contributed by atoms with van der Waals surface area (Å²) in [4.78, 5) is 11.5. The molecule has 2 atom stereocenters. The molecule has 1 amide bonds. The first kappa shape index (κ1) is 23.1. The van der Waals surface area contributed by atoms with Crippen molar-refractivity contribution in [2.45, 2.75) is 64.9 Å². The van der Waals surface area contributed by atoms with E-state index >= 15 is 0 Å². The van der Waals surface area contributed by atoms with Crippen molar-refractivity contribution < 1.29 is 37.6 Å². The molecule has 0 aliphatic carbocycles. The molecule has 142 valence electrons. The highest BCUT2D eigenvalue weighted by atomic mass is 31.1. The van der Waals surface area contributed by atoms with Gasteiger partial charge in [0.25, 0.3) is 5.97 Å². The van der Waals surface area contributed by atoms with Crippen LogP contribution in [0, 0.1) is 0 Å². The van der Waals surface area contributed by atoms with Gasteiger partial charge in [-0.15, -0.1) is 0 Å². The second-order valence-electron chi connectivity index (χ2n) is 5.89. The Morgan fingerprint density at radius 3 is 2.21 bits per heavy atom. The Morgan fingerprint density at radius 1 is 1.25 bits per heavy atom. The van der Waals surface area contributed by atoms with E-state index in [1.54, 1.807) is 34.6 Å². The SMILES string of the molecule is CCOC(CC(F)C(O)CNC(=O)OC(C)(C)C)(OCC)OP=O. The summed E-state index contributed by atoms with van der Waals surface area (Å²) in [5, 5.41) is 12.1. The number of ether oxygens (including phenoxy) is 3. The molecule has 2 unspecified atom stereocenters. The maximum atomic E-state index is 14.3. The molecule has 0 aromatic carbocycles. The van der Waals surface area contributed by atoms with Crippen LogP contribution in [0.5, 0.6) is 0 Å². The van der Waals surface area contributed by atoms with Gasteiger partial charge in [-0.25, -0.2) is 18.3 Å². The number of halogens is 1. The molecule has 0 bridgehead atoms. The Balaban J connectivity index is 4.65. The molecule has 0 saturated carbocycles. The highest BCUT2D eigenvalue weighted by Gasteiger charge is 2.39. The largest absolute Gasteiger partial charge is 0.444 e. The predicted octanol–water partition coefficient (Wildman–Crippen LogP) is 2.55. The summed E-state index contributed by atoms with van der Waals surface area (Å²) >= 11 is 0. The Kier molecular flexibility index (Phi) is 10.5. The van der Waals surface area contributed by atoms with Crippen LogP contribution in [0.1, 0.15) is 41.0 Å². The van der Waals surface area contributed by atoms with Crippen molar-refractivity contribution in [3.63, 3.8) is 0 Å². The zero-order valence-electron chi connectivity index (χ0n) is 14.7. The zero-order chi connectivity index (χ0) is 18.8. The van der Waals surface area contributed by atoms with E-state index in [-0.39, 0.29) is 19.8 Å². The Hall–Kier alpha value is -0.860. The lowest BCUT2D eigenvalue weighted by Crippen LogP contribution is -2.45. The number of carbonyl (C=O) groups is 1. The monoisotopic (exact) mass is 371 g/mol. The molecule has 10 heteroatoms. The molecule has 0 heterocycles. The highest BCUT2D eigenvalue weighted by molar-refractivity contribution is 7.17. The molecule has 2 N–H and O–H groups in total. The molecule has 0 fully saturated rings. The van der Waals surface area contributed by atoms with Gasteiger partial charge in [-0.05, 0) is 34.6 Å². The topological polar surface area (TPSA) is 103 Å². The molecule has 0 radical (unpaired) electrons. The summed E-state index contributed by atoms with van der Waals surface area (Å²) < 4.78 is 45.2. The highest BCUT2D eigenvalue weighted by Crippen LogP contribution is 2.28. The smallest absolute Gasteiger partial charge is 0.407 e. The zero-order valence-corrected chi connectivity index (χ0v) is 15.6. The van der Waals surface area contributed by atoms with Crippen LogP contribution in [0.3, 0.4) is 0 Å². The van der Waals surface area contributed by atoms with Gasteiger partial charge < -0.3 is 24.6 Å². The average Bonchev–Trinajstić information content (AvgIpc) is 2.43. The van der Waals surface area contributed by atoms with Gasteiger partial charge >= 0.3 is 14.8 Å². The number of hydrogen-bond acceptors (Lipinski definition) is 7. The lowest BCUT2D eigenvalue weighted by Gasteiger charge is -2.31. The maximum absolute atomic E-state index is 14.3. The van der Waals surface area contributed by atoms with Crippen molar-refractivity contribution in [2.75, 3.05) is 19.8 Å². The van der Waals surface area contributed by atoms with Crippen LogP contribution in [0.25, 0.3) is 0 Å². The van der Waals surface area contributed by atoms with E-state index in [1.165, 1.54) is 0 Å². The van der Waals surface area contributed by atoms with Gasteiger partial charge in [0, 0.05) is 19.8 Å². The molecule has 24 heavy (non-hydrogen) atoms. The van der Waals surface area contributed by atoms with Gasteiger partial charge in [-0.1, -0.05) is 0 Å². The Morgan fingerprint density at radius 2 is 1.79 bits per heavy atom. The first-order valence-electron chi connectivity index (χ1n) is 7.66. The van der Waals surface area contributed by atoms with Gasteiger partial charge in [-0.2, -0.15) is 0 Å². The number of nitrogens with one attached hydrogen (secondary N) is 1. The molecule has 0 aliphatic rings. The summed E-state index contributed by atoms with van der Waals surface area (Å²) in [5.41, 5.74) is -0.704. The summed E-state index contributed by atoms with van der Waals surface area (Å²) in [6.07, 6.45) is -4.71. The second kappa shape index (κ2) is 10.9. The Labute approximate surface area is 143 Å². The van der Waals surface area contributed by atoms with Crippen LogP contribution in [0.15, 0.2) is 0 Å². The van der Waals surface area contributed by atoms with Gasteiger partial charge in [0.05, 0.1) is 6.42 Å². The number of rotatable bonds is 11. The minimum Gasteiger partial charge on any atom is -0.444 e. The van der Waals surface area contributed by atoms with Crippen LogP contribution in [0.2, 0.25) is 0 Å². The van der Waals surface area contributed by atoms with Crippen molar-refractivity contribution in [3.05, 3.63) is 0 Å². The Bertz CT molecular complexity index is 386. The second-order valence-corrected chi connectivity index (χ2v) is 6.22. The fourth-order valence-electron chi connectivity index (χ4n) is 1.75. The molecule has 8 nitrogen and oxygen atoms in total. The van der Waals surface area contributed by atoms with E-state index in [9.17, 15) is 18.9 Å². The van der Waals surface area contributed by atoms with Gasteiger partial charge in [-0.3, -0.25) is 0 Å². The van der Waals surface area contributed by atoms with Crippen molar-refractivity contribution in [2.24, 2.45) is 0 Å². The van der Waals surface area contributed by atoms with E-state index in [0.717, 1.165) is 0 Å². The molecular weight excluding hydrogens is 344 g/mol. The maximum Gasteiger partial charge on any atom is 0.407 e. The van der Waals surface area contributed by atoms with Crippen molar-refractivity contribution in [1.82, 2.24) is 5.32 Å². The lowest BCUT2D eigenvalue weighted by molar-refractivity contribution is -0.347. The summed E-state index contributed by atoms with van der Waals surface area (Å²) in [6, 6.07) is 0. The lowest BCUT2D eigenvalue weighted by atomic mass is 10.1. The number of carbonyl (C=O) groups excluding carboxylic acids is 1. The van der Waals surface area contributed by atoms with Crippen LogP contribution >= 0.6 is 8.69 Å². The van der Waals surface area contributed by atoms with Crippen LogP contribution in [-0.4, -0.2) is 54.8 Å². The molecule has 0 aromatic rings. The molecule has 0 aliphatic heterocycles. The summed E-state index contributed by atoms with van der Waals surface area (Å²) in [7, 11) is -0.749.